The first-order valence-electron chi connectivity index (χ1n) is 15.0. The Labute approximate surface area is 263 Å². The van der Waals surface area contributed by atoms with E-state index in [1.54, 1.807) is 59.4 Å². The van der Waals surface area contributed by atoms with Crippen LogP contribution in [0.4, 0.5) is 20.6 Å². The number of anilines is 2. The molecule has 2 aromatic carbocycles. The van der Waals surface area contributed by atoms with Crippen LogP contribution in [-0.4, -0.2) is 71.2 Å². The predicted octanol–water partition coefficient (Wildman–Crippen LogP) is 6.34. The molecule has 1 saturated heterocycles. The van der Waals surface area contributed by atoms with Crippen molar-refractivity contribution in [3.8, 4) is 28.1 Å². The molecule has 1 atom stereocenters. The number of amides is 1. The number of rotatable bonds is 8. The quantitative estimate of drug-likeness (QED) is 0.241. The SMILES string of the molecule is CCCS(=O)(=O)Nc1cccc(-c2cn(-c3ccc(N4CCN(C(=O)OC(C)(C)C)C[C@H]4C)cc3)nc2-c2ccncc2)c1F. The summed E-state index contributed by atoms with van der Waals surface area (Å²) in [6.07, 6.45) is 5.14. The largest absolute Gasteiger partial charge is 0.444 e. The lowest BCUT2D eigenvalue weighted by atomic mass is 10.0. The molecule has 12 heteroatoms. The van der Waals surface area contributed by atoms with E-state index in [1.807, 2.05) is 45.0 Å². The highest BCUT2D eigenvalue weighted by atomic mass is 32.2. The van der Waals surface area contributed by atoms with E-state index < -0.39 is 21.4 Å². The average Bonchev–Trinajstić information content (AvgIpc) is 3.43. The van der Waals surface area contributed by atoms with Crippen molar-refractivity contribution in [3.05, 3.63) is 79.0 Å². The first-order valence-corrected chi connectivity index (χ1v) is 16.6. The van der Waals surface area contributed by atoms with Crippen LogP contribution in [0.3, 0.4) is 0 Å². The van der Waals surface area contributed by atoms with E-state index in [0.29, 0.717) is 37.3 Å². The molecule has 3 heterocycles. The first-order chi connectivity index (χ1) is 21.3. The van der Waals surface area contributed by atoms with Crippen molar-refractivity contribution < 1.29 is 22.3 Å². The highest BCUT2D eigenvalue weighted by Crippen LogP contribution is 2.36. The number of hydrogen-bond acceptors (Lipinski definition) is 7. The van der Waals surface area contributed by atoms with Crippen LogP contribution < -0.4 is 9.62 Å². The molecule has 0 aliphatic carbocycles. The zero-order chi connectivity index (χ0) is 32.4. The van der Waals surface area contributed by atoms with Gasteiger partial charge in [-0.05, 0) is 76.6 Å². The van der Waals surface area contributed by atoms with Gasteiger partial charge in [0.1, 0.15) is 11.3 Å². The number of hydrogen-bond donors (Lipinski definition) is 1. The molecule has 1 fully saturated rings. The smallest absolute Gasteiger partial charge is 0.410 e. The Morgan fingerprint density at radius 2 is 1.71 bits per heavy atom. The molecule has 0 radical (unpaired) electrons. The number of nitrogens with zero attached hydrogens (tertiary/aromatic N) is 5. The summed E-state index contributed by atoms with van der Waals surface area (Å²) in [5.74, 6) is -0.785. The normalized spacial score (nSPS) is 15.6. The highest BCUT2D eigenvalue weighted by molar-refractivity contribution is 7.92. The summed E-state index contributed by atoms with van der Waals surface area (Å²) in [5.41, 5.74) is 3.11. The van der Waals surface area contributed by atoms with Crippen molar-refractivity contribution in [1.82, 2.24) is 19.7 Å². The number of benzene rings is 2. The third kappa shape index (κ3) is 7.44. The van der Waals surface area contributed by atoms with Gasteiger partial charge in [0.25, 0.3) is 0 Å². The minimum atomic E-state index is -3.69. The highest BCUT2D eigenvalue weighted by Gasteiger charge is 2.30. The number of piperazine rings is 1. The van der Waals surface area contributed by atoms with Crippen molar-refractivity contribution in [3.63, 3.8) is 0 Å². The lowest BCUT2D eigenvalue weighted by Gasteiger charge is -2.41. The standard InChI is InChI=1S/C33H39FN6O4S/c1-6-20-45(42,43)37-29-9-7-8-27(30(29)34)28-22-40(36-31(28)24-14-16-35-17-15-24)26-12-10-25(11-13-26)39-19-18-38(21-23(39)2)32(41)44-33(3,4)5/h7-17,22-23,37H,6,18-21H2,1-5H3/t23-/m1/s1. The van der Waals surface area contributed by atoms with E-state index in [0.717, 1.165) is 16.9 Å². The maximum atomic E-state index is 15.9. The van der Waals surface area contributed by atoms with Crippen LogP contribution in [0.2, 0.25) is 0 Å². The number of aromatic nitrogens is 3. The Bertz CT molecular complexity index is 1750. The molecule has 1 amide bonds. The lowest BCUT2D eigenvalue weighted by molar-refractivity contribution is 0.0218. The van der Waals surface area contributed by atoms with E-state index in [4.69, 9.17) is 9.84 Å². The molecule has 10 nitrogen and oxygen atoms in total. The molecule has 0 bridgehead atoms. The third-order valence-electron chi connectivity index (χ3n) is 7.42. The Balaban J connectivity index is 1.43. The maximum absolute atomic E-state index is 15.9. The predicted molar refractivity (Wildman–Crippen MR) is 175 cm³/mol. The summed E-state index contributed by atoms with van der Waals surface area (Å²) < 4.78 is 50.3. The molecule has 238 valence electrons. The second-order valence-corrected chi connectivity index (χ2v) is 14.0. The number of carbonyl (C=O) groups is 1. The van der Waals surface area contributed by atoms with Gasteiger partial charge in [0.05, 0.1) is 17.1 Å². The lowest BCUT2D eigenvalue weighted by Crippen LogP contribution is -2.54. The third-order valence-corrected chi connectivity index (χ3v) is 8.90. The van der Waals surface area contributed by atoms with Crippen molar-refractivity contribution in [2.75, 3.05) is 35.0 Å². The minimum absolute atomic E-state index is 0.0803. The summed E-state index contributed by atoms with van der Waals surface area (Å²) >= 11 is 0. The number of carbonyl (C=O) groups excluding carboxylic acids is 1. The zero-order valence-corrected chi connectivity index (χ0v) is 27.0. The fourth-order valence-electron chi connectivity index (χ4n) is 5.36. The molecule has 1 aliphatic heterocycles. The van der Waals surface area contributed by atoms with Crippen LogP contribution in [-0.2, 0) is 14.8 Å². The average molecular weight is 635 g/mol. The van der Waals surface area contributed by atoms with Gasteiger partial charge >= 0.3 is 6.09 Å². The summed E-state index contributed by atoms with van der Waals surface area (Å²) in [6.45, 7) is 11.2. The number of nitrogens with one attached hydrogen (secondary N) is 1. The second kappa shape index (κ2) is 12.9. The van der Waals surface area contributed by atoms with Crippen molar-refractivity contribution in [1.29, 1.82) is 0 Å². The van der Waals surface area contributed by atoms with Gasteiger partial charge in [-0.25, -0.2) is 22.3 Å². The molecule has 0 saturated carbocycles. The van der Waals surface area contributed by atoms with E-state index in [9.17, 15) is 13.2 Å². The van der Waals surface area contributed by atoms with Gasteiger partial charge in [0.15, 0.2) is 5.82 Å². The van der Waals surface area contributed by atoms with Crippen molar-refractivity contribution in [2.45, 2.75) is 52.7 Å². The molecular weight excluding hydrogens is 595 g/mol. The van der Waals surface area contributed by atoms with Crippen LogP contribution in [0, 0.1) is 5.82 Å². The molecule has 1 aliphatic rings. The van der Waals surface area contributed by atoms with E-state index >= 15 is 4.39 Å². The van der Waals surface area contributed by atoms with Crippen LogP contribution in [0.5, 0.6) is 0 Å². The van der Waals surface area contributed by atoms with Crippen molar-refractivity contribution in [2.24, 2.45) is 0 Å². The Hall–Kier alpha value is -4.45. The summed E-state index contributed by atoms with van der Waals surface area (Å²) in [6, 6.07) is 16.2. The number of pyridine rings is 1. The molecule has 0 spiro atoms. The summed E-state index contributed by atoms with van der Waals surface area (Å²) in [5, 5.41) is 4.83. The first kappa shape index (κ1) is 32.0. The maximum Gasteiger partial charge on any atom is 0.410 e. The molecule has 4 aromatic rings. The molecule has 0 unspecified atom stereocenters. The van der Waals surface area contributed by atoms with Gasteiger partial charge in [0.2, 0.25) is 10.0 Å². The van der Waals surface area contributed by atoms with E-state index in [1.165, 1.54) is 6.07 Å². The Morgan fingerprint density at radius 3 is 2.36 bits per heavy atom. The van der Waals surface area contributed by atoms with E-state index in [-0.39, 0.29) is 29.1 Å². The monoisotopic (exact) mass is 634 g/mol. The zero-order valence-electron chi connectivity index (χ0n) is 26.2. The van der Waals surface area contributed by atoms with Crippen LogP contribution in [0.25, 0.3) is 28.1 Å². The van der Waals surface area contributed by atoms with E-state index in [2.05, 4.69) is 21.5 Å². The van der Waals surface area contributed by atoms with Crippen LogP contribution in [0.1, 0.15) is 41.0 Å². The summed E-state index contributed by atoms with van der Waals surface area (Å²) in [4.78, 5) is 20.7. The molecule has 1 N–H and O–H groups in total. The van der Waals surface area contributed by atoms with Gasteiger partial charge < -0.3 is 14.5 Å². The molecule has 2 aromatic heterocycles. The van der Waals surface area contributed by atoms with Crippen molar-refractivity contribution >= 4 is 27.5 Å². The fraction of sp³-hybridized carbons (Fsp3) is 0.364. The van der Waals surface area contributed by atoms with Gasteiger partial charge in [-0.2, -0.15) is 5.10 Å². The van der Waals surface area contributed by atoms with Gasteiger partial charge in [-0.3, -0.25) is 9.71 Å². The Morgan fingerprint density at radius 1 is 1.02 bits per heavy atom. The Kier molecular flexibility index (Phi) is 9.15. The van der Waals surface area contributed by atoms with Crippen LogP contribution in [0.15, 0.2) is 73.2 Å². The van der Waals surface area contributed by atoms with Crippen LogP contribution >= 0.6 is 0 Å². The second-order valence-electron chi connectivity index (χ2n) is 12.1. The van der Waals surface area contributed by atoms with Gasteiger partial charge in [0, 0.05) is 66.6 Å². The topological polar surface area (TPSA) is 110 Å². The fourth-order valence-corrected chi connectivity index (χ4v) is 6.49. The number of sulfonamides is 1. The summed E-state index contributed by atoms with van der Waals surface area (Å²) in [7, 11) is -3.69. The van der Waals surface area contributed by atoms with Gasteiger partial charge in [-0.15, -0.1) is 0 Å². The van der Waals surface area contributed by atoms with Gasteiger partial charge in [-0.1, -0.05) is 19.1 Å². The molecular formula is C33H39FN6O4S. The molecule has 5 rings (SSSR count). The molecule has 45 heavy (non-hydrogen) atoms. The minimum Gasteiger partial charge on any atom is -0.444 e. The number of halogens is 1. The number of ether oxygens (including phenoxy) is 1.